The normalized spacial score (nSPS) is 11.3. The lowest BCUT2D eigenvalue weighted by Gasteiger charge is -2.26. The molecule has 28 heavy (non-hydrogen) atoms. The van der Waals surface area contributed by atoms with Crippen LogP contribution in [0.1, 0.15) is 24.2 Å². The fraction of sp³-hybridized carbons (Fsp3) is 0.217. The number of pyridine rings is 1. The lowest BCUT2D eigenvalue weighted by Crippen LogP contribution is -2.26. The van der Waals surface area contributed by atoms with Crippen LogP contribution < -0.4 is 4.90 Å². The Labute approximate surface area is 163 Å². The number of para-hydroxylation sites is 1. The minimum Gasteiger partial charge on any atom is -0.465 e. The van der Waals surface area contributed by atoms with Gasteiger partial charge in [0, 0.05) is 29.4 Å². The van der Waals surface area contributed by atoms with E-state index in [-0.39, 0.29) is 12.0 Å². The van der Waals surface area contributed by atoms with Crippen molar-refractivity contribution < 1.29 is 13.9 Å². The Kier molecular flexibility index (Phi) is 4.51. The second-order valence-electron chi connectivity index (χ2n) is 7.11. The molecule has 0 unspecified atom stereocenters. The van der Waals surface area contributed by atoms with E-state index in [4.69, 9.17) is 14.1 Å². The highest BCUT2D eigenvalue weighted by Gasteiger charge is 2.19. The Morgan fingerprint density at radius 2 is 1.93 bits per heavy atom. The Bertz CT molecular complexity index is 1180. The summed E-state index contributed by atoms with van der Waals surface area (Å²) in [4.78, 5) is 19.0. The van der Waals surface area contributed by atoms with Crippen LogP contribution in [0.3, 0.4) is 0 Å². The van der Waals surface area contributed by atoms with Crippen molar-refractivity contribution in [2.24, 2.45) is 0 Å². The summed E-state index contributed by atoms with van der Waals surface area (Å²) in [6.07, 6.45) is 1.76. The summed E-state index contributed by atoms with van der Waals surface area (Å²) in [7, 11) is 3.43. The van der Waals surface area contributed by atoms with Gasteiger partial charge in [0.05, 0.1) is 29.6 Å². The van der Waals surface area contributed by atoms with Gasteiger partial charge in [-0.3, -0.25) is 0 Å². The van der Waals surface area contributed by atoms with Gasteiger partial charge in [0.25, 0.3) is 0 Å². The smallest absolute Gasteiger partial charge is 0.337 e. The SMILES string of the molecule is COC(=O)c1ccc2nc(-c3coc4ccccc34)c(N(C)C(C)C)cc2c1. The number of hydrogen-bond donors (Lipinski definition) is 0. The number of ether oxygens (including phenoxy) is 1. The summed E-state index contributed by atoms with van der Waals surface area (Å²) in [5.41, 5.74) is 4.96. The van der Waals surface area contributed by atoms with Gasteiger partial charge < -0.3 is 14.1 Å². The number of esters is 1. The second-order valence-corrected chi connectivity index (χ2v) is 7.11. The number of methoxy groups -OCH3 is 1. The molecule has 2 heterocycles. The maximum absolute atomic E-state index is 11.9. The first kappa shape index (κ1) is 18.0. The third kappa shape index (κ3) is 2.99. The van der Waals surface area contributed by atoms with Crippen LogP contribution in [0.5, 0.6) is 0 Å². The zero-order valence-electron chi connectivity index (χ0n) is 16.4. The van der Waals surface area contributed by atoms with Crippen molar-refractivity contribution in [3.8, 4) is 11.3 Å². The van der Waals surface area contributed by atoms with Crippen molar-refractivity contribution in [3.63, 3.8) is 0 Å². The van der Waals surface area contributed by atoms with Gasteiger partial charge in [0.2, 0.25) is 0 Å². The molecule has 0 saturated carbocycles. The molecule has 0 saturated heterocycles. The van der Waals surface area contributed by atoms with E-state index in [1.165, 1.54) is 7.11 Å². The minimum absolute atomic E-state index is 0.278. The third-order valence-corrected chi connectivity index (χ3v) is 5.11. The molecule has 5 nitrogen and oxygen atoms in total. The van der Waals surface area contributed by atoms with Crippen LogP contribution in [-0.2, 0) is 4.74 Å². The van der Waals surface area contributed by atoms with Gasteiger partial charge in [0.1, 0.15) is 11.8 Å². The quantitative estimate of drug-likeness (QED) is 0.455. The van der Waals surface area contributed by atoms with Crippen LogP contribution in [0.4, 0.5) is 5.69 Å². The average Bonchev–Trinajstić information content (AvgIpc) is 3.15. The van der Waals surface area contributed by atoms with Crippen molar-refractivity contribution in [2.75, 3.05) is 19.1 Å². The molecule has 5 heteroatoms. The zero-order valence-corrected chi connectivity index (χ0v) is 16.4. The first-order chi connectivity index (χ1) is 13.5. The standard InChI is InChI=1S/C23H22N2O3/c1-14(2)25(3)20-12-16-11-15(23(26)27-4)9-10-19(16)24-22(20)18-13-28-21-8-6-5-7-17(18)21/h5-14H,1-4H3. The molecule has 4 rings (SSSR count). The highest BCUT2D eigenvalue weighted by Crippen LogP contribution is 2.37. The fourth-order valence-electron chi connectivity index (χ4n) is 3.32. The molecule has 0 spiro atoms. The van der Waals surface area contributed by atoms with Crippen molar-refractivity contribution >= 4 is 33.5 Å². The number of nitrogens with zero attached hydrogens (tertiary/aromatic N) is 2. The number of furan rings is 1. The van der Waals surface area contributed by atoms with E-state index >= 15 is 0 Å². The van der Waals surface area contributed by atoms with Crippen LogP contribution in [0, 0.1) is 0 Å². The van der Waals surface area contributed by atoms with Gasteiger partial charge in [-0.25, -0.2) is 9.78 Å². The van der Waals surface area contributed by atoms with Gasteiger partial charge in [0.15, 0.2) is 0 Å². The topological polar surface area (TPSA) is 55.6 Å². The minimum atomic E-state index is -0.356. The number of aromatic nitrogens is 1. The molecule has 0 atom stereocenters. The number of anilines is 1. The van der Waals surface area contributed by atoms with Crippen LogP contribution in [0.15, 0.2) is 59.2 Å². The van der Waals surface area contributed by atoms with E-state index in [2.05, 4.69) is 24.8 Å². The molecule has 2 aromatic carbocycles. The van der Waals surface area contributed by atoms with Crippen molar-refractivity contribution in [1.29, 1.82) is 0 Å². The summed E-state index contributed by atoms with van der Waals surface area (Å²) >= 11 is 0. The van der Waals surface area contributed by atoms with Gasteiger partial charge in [-0.1, -0.05) is 18.2 Å². The van der Waals surface area contributed by atoms with Crippen LogP contribution in [0.25, 0.3) is 33.1 Å². The molecule has 0 aliphatic rings. The van der Waals surface area contributed by atoms with Gasteiger partial charge in [-0.15, -0.1) is 0 Å². The summed E-state index contributed by atoms with van der Waals surface area (Å²) in [5, 5.41) is 1.92. The maximum atomic E-state index is 11.9. The molecule has 142 valence electrons. The molecule has 0 N–H and O–H groups in total. The zero-order chi connectivity index (χ0) is 19.8. The largest absolute Gasteiger partial charge is 0.465 e. The van der Waals surface area contributed by atoms with Crippen LogP contribution >= 0.6 is 0 Å². The number of hydrogen-bond acceptors (Lipinski definition) is 5. The molecule has 0 aliphatic carbocycles. The highest BCUT2D eigenvalue weighted by atomic mass is 16.5. The number of rotatable bonds is 4. The average molecular weight is 374 g/mol. The highest BCUT2D eigenvalue weighted by molar-refractivity contribution is 6.00. The molecular weight excluding hydrogens is 352 g/mol. The van der Waals surface area contributed by atoms with Crippen molar-refractivity contribution in [3.05, 3.63) is 60.4 Å². The summed E-state index contributed by atoms with van der Waals surface area (Å²) in [5.74, 6) is -0.356. The first-order valence-corrected chi connectivity index (χ1v) is 9.22. The Hall–Kier alpha value is -3.34. The third-order valence-electron chi connectivity index (χ3n) is 5.11. The van der Waals surface area contributed by atoms with E-state index in [0.717, 1.165) is 38.8 Å². The van der Waals surface area contributed by atoms with Crippen molar-refractivity contribution in [1.82, 2.24) is 4.98 Å². The fourth-order valence-corrected chi connectivity index (χ4v) is 3.32. The van der Waals surface area contributed by atoms with Crippen LogP contribution in [0.2, 0.25) is 0 Å². The lowest BCUT2D eigenvalue weighted by atomic mass is 10.0. The van der Waals surface area contributed by atoms with Crippen LogP contribution in [-0.4, -0.2) is 31.2 Å². The van der Waals surface area contributed by atoms with E-state index in [1.807, 2.05) is 43.4 Å². The monoisotopic (exact) mass is 374 g/mol. The maximum Gasteiger partial charge on any atom is 0.337 e. The first-order valence-electron chi connectivity index (χ1n) is 9.22. The number of carbonyl (C=O) groups excluding carboxylic acids is 1. The van der Waals surface area contributed by atoms with Gasteiger partial charge in [-0.2, -0.15) is 0 Å². The molecule has 4 aromatic rings. The summed E-state index contributed by atoms with van der Waals surface area (Å²) in [6, 6.07) is 15.7. The molecule has 0 fully saturated rings. The Morgan fingerprint density at radius 1 is 1.14 bits per heavy atom. The summed E-state index contributed by atoms with van der Waals surface area (Å²) in [6.45, 7) is 4.26. The predicted molar refractivity (Wildman–Crippen MR) is 112 cm³/mol. The van der Waals surface area contributed by atoms with E-state index in [0.29, 0.717) is 5.56 Å². The number of fused-ring (bicyclic) bond motifs is 2. The van der Waals surface area contributed by atoms with E-state index in [1.54, 1.807) is 12.3 Å². The molecule has 0 amide bonds. The Morgan fingerprint density at radius 3 is 2.68 bits per heavy atom. The number of benzene rings is 2. The Balaban J connectivity index is 1.98. The molecule has 0 bridgehead atoms. The number of carbonyl (C=O) groups is 1. The molecule has 2 aromatic heterocycles. The summed E-state index contributed by atoms with van der Waals surface area (Å²) < 4.78 is 10.6. The predicted octanol–water partition coefficient (Wildman–Crippen LogP) is 5.28. The van der Waals surface area contributed by atoms with E-state index < -0.39 is 0 Å². The molecular formula is C23H22N2O3. The van der Waals surface area contributed by atoms with Gasteiger partial charge in [-0.05, 0) is 44.2 Å². The van der Waals surface area contributed by atoms with E-state index in [9.17, 15) is 4.79 Å². The lowest BCUT2D eigenvalue weighted by molar-refractivity contribution is 0.0601. The van der Waals surface area contributed by atoms with Crippen molar-refractivity contribution in [2.45, 2.75) is 19.9 Å². The van der Waals surface area contributed by atoms with Gasteiger partial charge >= 0.3 is 5.97 Å². The molecule has 0 aliphatic heterocycles. The second kappa shape index (κ2) is 7.00. The molecule has 0 radical (unpaired) electrons.